The summed E-state index contributed by atoms with van der Waals surface area (Å²) in [5.41, 5.74) is 1.25. The molecule has 0 N–H and O–H groups in total. The highest BCUT2D eigenvalue weighted by molar-refractivity contribution is 7.89. The monoisotopic (exact) mass is 408 g/mol. The van der Waals surface area contributed by atoms with Gasteiger partial charge in [0.15, 0.2) is 0 Å². The van der Waals surface area contributed by atoms with Crippen LogP contribution in [0.1, 0.15) is 35.3 Å². The van der Waals surface area contributed by atoms with Crippen molar-refractivity contribution in [2.24, 2.45) is 7.05 Å². The Morgan fingerprint density at radius 3 is 2.68 bits per heavy atom. The summed E-state index contributed by atoms with van der Waals surface area (Å²) in [6.07, 6.45) is 3.57. The van der Waals surface area contributed by atoms with Gasteiger partial charge in [0.1, 0.15) is 5.82 Å². The van der Waals surface area contributed by atoms with Crippen LogP contribution in [0, 0.1) is 12.7 Å². The summed E-state index contributed by atoms with van der Waals surface area (Å²) in [4.78, 5) is 14.5. The minimum atomic E-state index is -3.79. The smallest absolute Gasteiger partial charge is 0.257 e. The lowest BCUT2D eigenvalue weighted by Gasteiger charge is -2.26. The van der Waals surface area contributed by atoms with Crippen LogP contribution in [0.2, 0.25) is 0 Å². The van der Waals surface area contributed by atoms with E-state index in [1.165, 1.54) is 29.6 Å². The van der Waals surface area contributed by atoms with Crippen LogP contribution in [-0.2, 0) is 17.1 Å². The van der Waals surface area contributed by atoms with E-state index < -0.39 is 15.8 Å². The molecular weight excluding hydrogens is 383 g/mol. The number of aromatic nitrogens is 2. The van der Waals surface area contributed by atoms with Gasteiger partial charge in [0.2, 0.25) is 10.0 Å². The lowest BCUT2D eigenvalue weighted by atomic mass is 10.1. The first kappa shape index (κ1) is 20.5. The van der Waals surface area contributed by atoms with E-state index in [9.17, 15) is 17.6 Å². The first-order chi connectivity index (χ1) is 13.2. The third-order valence-electron chi connectivity index (χ3n) is 5.22. The second-order valence-electron chi connectivity index (χ2n) is 7.16. The average molecular weight is 408 g/mol. The number of amides is 1. The molecule has 152 valence electrons. The summed E-state index contributed by atoms with van der Waals surface area (Å²) in [5, 5.41) is 4.22. The molecule has 1 amide bonds. The van der Waals surface area contributed by atoms with Gasteiger partial charge in [-0.15, -0.1) is 0 Å². The molecular formula is C19H25FN4O3S. The van der Waals surface area contributed by atoms with Gasteiger partial charge in [-0.3, -0.25) is 9.48 Å². The third-order valence-corrected chi connectivity index (χ3v) is 7.12. The van der Waals surface area contributed by atoms with Crippen molar-refractivity contribution >= 4 is 15.9 Å². The molecule has 3 rings (SSSR count). The molecule has 0 radical (unpaired) electrons. The Morgan fingerprint density at radius 2 is 2.04 bits per heavy atom. The second-order valence-corrected chi connectivity index (χ2v) is 9.15. The normalized spacial score (nSPS) is 18.3. The van der Waals surface area contributed by atoms with Gasteiger partial charge in [0.25, 0.3) is 5.91 Å². The Kier molecular flexibility index (Phi) is 5.85. The third kappa shape index (κ3) is 4.10. The number of nitrogens with zero attached hydrogens (tertiary/aromatic N) is 4. The van der Waals surface area contributed by atoms with Gasteiger partial charge in [0, 0.05) is 39.4 Å². The zero-order valence-electron chi connectivity index (χ0n) is 16.3. The summed E-state index contributed by atoms with van der Waals surface area (Å²) in [7, 11) is -0.500. The first-order valence-electron chi connectivity index (χ1n) is 9.23. The number of sulfonamides is 1. The minimum Gasteiger partial charge on any atom is -0.338 e. The van der Waals surface area contributed by atoms with Crippen molar-refractivity contribution in [1.82, 2.24) is 19.0 Å². The van der Waals surface area contributed by atoms with Crippen molar-refractivity contribution in [2.75, 3.05) is 20.1 Å². The molecule has 28 heavy (non-hydrogen) atoms. The molecule has 0 bridgehead atoms. The van der Waals surface area contributed by atoms with Gasteiger partial charge in [-0.2, -0.15) is 9.40 Å². The Hall–Kier alpha value is -2.26. The molecule has 1 aromatic heterocycles. The Labute approximate surface area is 164 Å². The average Bonchev–Trinajstić information content (AvgIpc) is 2.85. The van der Waals surface area contributed by atoms with Crippen LogP contribution in [-0.4, -0.2) is 59.5 Å². The van der Waals surface area contributed by atoms with Gasteiger partial charge in [-0.25, -0.2) is 12.8 Å². The fourth-order valence-corrected chi connectivity index (χ4v) is 5.06. The molecule has 2 aromatic rings. The van der Waals surface area contributed by atoms with Gasteiger partial charge in [-0.1, -0.05) is 6.07 Å². The van der Waals surface area contributed by atoms with E-state index in [-0.39, 0.29) is 16.8 Å². The summed E-state index contributed by atoms with van der Waals surface area (Å²) < 4.78 is 42.1. The molecule has 0 aliphatic carbocycles. The fourth-order valence-electron chi connectivity index (χ4n) is 3.62. The molecule has 2 heterocycles. The second kappa shape index (κ2) is 8.00. The molecule has 0 saturated carbocycles. The van der Waals surface area contributed by atoms with E-state index in [1.807, 2.05) is 0 Å². The molecule has 1 aliphatic heterocycles. The Balaban J connectivity index is 1.72. The van der Waals surface area contributed by atoms with Crippen molar-refractivity contribution in [3.63, 3.8) is 0 Å². The highest BCUT2D eigenvalue weighted by Gasteiger charge is 2.31. The summed E-state index contributed by atoms with van der Waals surface area (Å²) in [6, 6.07) is 4.78. The number of halogens is 1. The molecule has 1 aromatic carbocycles. The Morgan fingerprint density at radius 1 is 1.29 bits per heavy atom. The topological polar surface area (TPSA) is 75.5 Å². The predicted octanol–water partition coefficient (Wildman–Crippen LogP) is 2.18. The van der Waals surface area contributed by atoms with Gasteiger partial charge in [-0.05, 0) is 44.4 Å². The van der Waals surface area contributed by atoms with Crippen LogP contribution >= 0.6 is 0 Å². The standard InChI is InChI=1S/C19H25FN4O3S/c1-14-18(13-22(2)21-14)19(25)24-10-5-7-16(9-11-24)23(3)28(26,27)17-8-4-6-15(20)12-17/h4,6,8,12-13,16H,5,7,9-11H2,1-3H3/t16-/m0/s1. The number of likely N-dealkylation sites (tertiary alicyclic amines) is 1. The summed E-state index contributed by atoms with van der Waals surface area (Å²) in [5.74, 6) is -0.666. The molecule has 1 atom stereocenters. The van der Waals surface area contributed by atoms with E-state index in [0.29, 0.717) is 43.6 Å². The lowest BCUT2D eigenvalue weighted by Crippen LogP contribution is -2.38. The van der Waals surface area contributed by atoms with Crippen LogP contribution in [0.3, 0.4) is 0 Å². The largest absolute Gasteiger partial charge is 0.338 e. The molecule has 1 fully saturated rings. The number of aryl methyl sites for hydroxylation is 2. The van der Waals surface area contributed by atoms with Crippen LogP contribution in [0.15, 0.2) is 35.4 Å². The minimum absolute atomic E-state index is 0.0573. The van der Waals surface area contributed by atoms with Crippen molar-refractivity contribution in [1.29, 1.82) is 0 Å². The highest BCUT2D eigenvalue weighted by Crippen LogP contribution is 2.24. The van der Waals surface area contributed by atoms with E-state index in [0.717, 1.165) is 6.07 Å². The number of rotatable bonds is 4. The van der Waals surface area contributed by atoms with E-state index in [1.54, 1.807) is 29.7 Å². The van der Waals surface area contributed by atoms with Crippen LogP contribution in [0.25, 0.3) is 0 Å². The van der Waals surface area contributed by atoms with Crippen molar-refractivity contribution in [2.45, 2.75) is 37.1 Å². The first-order valence-corrected chi connectivity index (χ1v) is 10.7. The maximum Gasteiger partial charge on any atom is 0.257 e. The lowest BCUT2D eigenvalue weighted by molar-refractivity contribution is 0.0759. The molecule has 1 saturated heterocycles. The maximum absolute atomic E-state index is 13.5. The maximum atomic E-state index is 13.5. The Bertz CT molecular complexity index is 973. The molecule has 0 unspecified atom stereocenters. The number of carbonyl (C=O) groups is 1. The zero-order valence-corrected chi connectivity index (χ0v) is 17.1. The van der Waals surface area contributed by atoms with Crippen LogP contribution in [0.5, 0.6) is 0 Å². The summed E-state index contributed by atoms with van der Waals surface area (Å²) >= 11 is 0. The van der Waals surface area contributed by atoms with Gasteiger partial charge in [0.05, 0.1) is 16.2 Å². The van der Waals surface area contributed by atoms with Crippen LogP contribution in [0.4, 0.5) is 4.39 Å². The number of benzene rings is 1. The van der Waals surface area contributed by atoms with Crippen molar-refractivity contribution in [3.8, 4) is 0 Å². The number of carbonyl (C=O) groups excluding carboxylic acids is 1. The molecule has 9 heteroatoms. The van der Waals surface area contributed by atoms with E-state index in [4.69, 9.17) is 0 Å². The zero-order chi connectivity index (χ0) is 20.5. The van der Waals surface area contributed by atoms with Crippen molar-refractivity contribution in [3.05, 3.63) is 47.5 Å². The molecule has 7 nitrogen and oxygen atoms in total. The van der Waals surface area contributed by atoms with Gasteiger partial charge >= 0.3 is 0 Å². The highest BCUT2D eigenvalue weighted by atomic mass is 32.2. The van der Waals surface area contributed by atoms with Crippen molar-refractivity contribution < 1.29 is 17.6 Å². The molecule has 1 aliphatic rings. The van der Waals surface area contributed by atoms with E-state index >= 15 is 0 Å². The molecule has 0 spiro atoms. The van der Waals surface area contributed by atoms with Gasteiger partial charge < -0.3 is 4.90 Å². The predicted molar refractivity (Wildman–Crippen MR) is 103 cm³/mol. The number of hydrogen-bond donors (Lipinski definition) is 0. The summed E-state index contributed by atoms with van der Waals surface area (Å²) in [6.45, 7) is 2.82. The fraction of sp³-hybridized carbons (Fsp3) is 0.474. The SMILES string of the molecule is Cc1nn(C)cc1C(=O)N1CCC[C@H](N(C)S(=O)(=O)c2cccc(F)c2)CC1. The quantitative estimate of drug-likeness (QED) is 0.777. The van der Waals surface area contributed by atoms with Crippen LogP contribution < -0.4 is 0 Å². The van der Waals surface area contributed by atoms with E-state index in [2.05, 4.69) is 5.10 Å². The number of hydrogen-bond acceptors (Lipinski definition) is 4.